The Labute approximate surface area is 54.8 Å². The summed E-state index contributed by atoms with van der Waals surface area (Å²) in [6.07, 6.45) is 5.49. The highest BCUT2D eigenvalue weighted by Gasteiger charge is 2.05. The van der Waals surface area contributed by atoms with Gasteiger partial charge in [-0.1, -0.05) is 6.08 Å². The number of allylic oxidation sites excluding steroid dienone is 3. The van der Waals surface area contributed by atoms with E-state index in [1.165, 1.54) is 0 Å². The summed E-state index contributed by atoms with van der Waals surface area (Å²) in [5.41, 5.74) is 0. The van der Waals surface area contributed by atoms with Crippen molar-refractivity contribution in [1.82, 2.24) is 0 Å². The maximum absolute atomic E-state index is 5.19. The van der Waals surface area contributed by atoms with E-state index in [9.17, 15) is 0 Å². The van der Waals surface area contributed by atoms with Crippen LogP contribution >= 0.6 is 0 Å². The Morgan fingerprint density at radius 2 is 2.44 bits per heavy atom. The molecule has 1 aliphatic heterocycles. The molecule has 0 N–H and O–H groups in total. The molecule has 0 aliphatic carbocycles. The minimum Gasteiger partial charge on any atom is -0.466 e. The fourth-order valence-corrected chi connectivity index (χ4v) is 0.670. The maximum atomic E-state index is 5.19. The second-order valence-electron chi connectivity index (χ2n) is 1.88. The Morgan fingerprint density at radius 3 is 2.89 bits per heavy atom. The van der Waals surface area contributed by atoms with Crippen molar-refractivity contribution in [3.63, 3.8) is 0 Å². The fourth-order valence-electron chi connectivity index (χ4n) is 0.670. The van der Waals surface area contributed by atoms with Crippen LogP contribution in [0, 0.1) is 0 Å². The van der Waals surface area contributed by atoms with E-state index in [0.29, 0.717) is 0 Å². The lowest BCUT2D eigenvalue weighted by atomic mass is 10.3. The van der Waals surface area contributed by atoms with Crippen LogP contribution in [-0.2, 0) is 9.47 Å². The summed E-state index contributed by atoms with van der Waals surface area (Å²) in [5.74, 6) is 0.893. The molecule has 1 heterocycles. The summed E-state index contributed by atoms with van der Waals surface area (Å²) in [5, 5.41) is 0. The molecule has 0 aromatic rings. The molecule has 0 spiro atoms. The van der Waals surface area contributed by atoms with Crippen molar-refractivity contribution in [2.75, 3.05) is 7.11 Å². The molecule has 0 aromatic heterocycles. The van der Waals surface area contributed by atoms with Crippen LogP contribution in [0.25, 0.3) is 0 Å². The van der Waals surface area contributed by atoms with E-state index in [1.807, 2.05) is 25.2 Å². The molecule has 2 nitrogen and oxygen atoms in total. The first kappa shape index (κ1) is 6.36. The molecule has 0 bridgehead atoms. The van der Waals surface area contributed by atoms with E-state index in [-0.39, 0.29) is 6.29 Å². The monoisotopic (exact) mass is 126 g/mol. The first-order valence-corrected chi connectivity index (χ1v) is 2.87. The maximum Gasteiger partial charge on any atom is 0.219 e. The van der Waals surface area contributed by atoms with Crippen LogP contribution in [0.4, 0.5) is 0 Å². The standard InChI is InChI=1S/C7H10O2/c1-6-4-3-5-7(8-2)9-6/h3-5,7H,1-2H3/t7-/m1/s1. The molecule has 2 heteroatoms. The van der Waals surface area contributed by atoms with Crippen LogP contribution in [-0.4, -0.2) is 13.4 Å². The average molecular weight is 126 g/mol. The highest BCUT2D eigenvalue weighted by atomic mass is 16.7. The van der Waals surface area contributed by atoms with Gasteiger partial charge in [-0.15, -0.1) is 0 Å². The first-order chi connectivity index (χ1) is 4.33. The molecule has 0 saturated heterocycles. The van der Waals surface area contributed by atoms with Crippen molar-refractivity contribution in [2.24, 2.45) is 0 Å². The van der Waals surface area contributed by atoms with Crippen LogP contribution in [0.5, 0.6) is 0 Å². The molecule has 0 fully saturated rings. The topological polar surface area (TPSA) is 18.5 Å². The van der Waals surface area contributed by atoms with Gasteiger partial charge in [0.25, 0.3) is 0 Å². The fraction of sp³-hybridized carbons (Fsp3) is 0.429. The lowest BCUT2D eigenvalue weighted by molar-refractivity contribution is -0.0601. The third-order valence-corrected chi connectivity index (χ3v) is 1.13. The summed E-state index contributed by atoms with van der Waals surface area (Å²) in [6.45, 7) is 1.90. The van der Waals surface area contributed by atoms with Crippen molar-refractivity contribution in [2.45, 2.75) is 13.2 Å². The van der Waals surface area contributed by atoms with Gasteiger partial charge in [-0.3, -0.25) is 0 Å². The van der Waals surface area contributed by atoms with Gasteiger partial charge in [-0.25, -0.2) is 0 Å². The highest BCUT2D eigenvalue weighted by Crippen LogP contribution is 2.09. The zero-order valence-corrected chi connectivity index (χ0v) is 5.63. The molecular formula is C7H10O2. The van der Waals surface area contributed by atoms with E-state index < -0.39 is 0 Å². The minimum atomic E-state index is -0.185. The predicted molar refractivity (Wildman–Crippen MR) is 34.8 cm³/mol. The molecule has 0 aromatic carbocycles. The Bertz CT molecular complexity index is 147. The van der Waals surface area contributed by atoms with Gasteiger partial charge >= 0.3 is 0 Å². The van der Waals surface area contributed by atoms with Crippen LogP contribution in [0.3, 0.4) is 0 Å². The van der Waals surface area contributed by atoms with E-state index in [4.69, 9.17) is 9.47 Å². The van der Waals surface area contributed by atoms with Gasteiger partial charge in [0.1, 0.15) is 0 Å². The van der Waals surface area contributed by atoms with Gasteiger partial charge in [0, 0.05) is 7.11 Å². The zero-order chi connectivity index (χ0) is 6.69. The second kappa shape index (κ2) is 2.69. The molecule has 0 radical (unpaired) electrons. The molecule has 0 amide bonds. The van der Waals surface area contributed by atoms with Gasteiger partial charge in [0.05, 0.1) is 5.76 Å². The average Bonchev–Trinajstić information content (AvgIpc) is 1.88. The second-order valence-corrected chi connectivity index (χ2v) is 1.88. The van der Waals surface area contributed by atoms with E-state index in [1.54, 1.807) is 7.11 Å². The minimum absolute atomic E-state index is 0.185. The van der Waals surface area contributed by atoms with E-state index >= 15 is 0 Å². The smallest absolute Gasteiger partial charge is 0.219 e. The molecule has 0 unspecified atom stereocenters. The van der Waals surface area contributed by atoms with Crippen molar-refractivity contribution in [1.29, 1.82) is 0 Å². The molecule has 1 aliphatic rings. The molecule has 50 valence electrons. The molecule has 0 saturated carbocycles. The first-order valence-electron chi connectivity index (χ1n) is 2.87. The normalized spacial score (nSPS) is 25.1. The van der Waals surface area contributed by atoms with Crippen molar-refractivity contribution in [3.05, 3.63) is 24.0 Å². The van der Waals surface area contributed by atoms with Crippen molar-refractivity contribution >= 4 is 0 Å². The molecular weight excluding hydrogens is 116 g/mol. The SMILES string of the molecule is CO[C@H]1C=CC=C(C)O1. The number of methoxy groups -OCH3 is 1. The number of ether oxygens (including phenoxy) is 2. The summed E-state index contributed by atoms with van der Waals surface area (Å²) >= 11 is 0. The van der Waals surface area contributed by atoms with E-state index in [2.05, 4.69) is 0 Å². The van der Waals surface area contributed by atoms with Gasteiger partial charge in [-0.05, 0) is 19.1 Å². The third-order valence-electron chi connectivity index (χ3n) is 1.13. The van der Waals surface area contributed by atoms with Gasteiger partial charge in [-0.2, -0.15) is 0 Å². The van der Waals surface area contributed by atoms with Crippen LogP contribution in [0.15, 0.2) is 24.0 Å². The number of hydrogen-bond donors (Lipinski definition) is 0. The molecule has 1 rings (SSSR count). The van der Waals surface area contributed by atoms with Crippen LogP contribution < -0.4 is 0 Å². The zero-order valence-electron chi connectivity index (χ0n) is 5.63. The van der Waals surface area contributed by atoms with Gasteiger partial charge < -0.3 is 9.47 Å². The lowest BCUT2D eigenvalue weighted by Gasteiger charge is -2.16. The third kappa shape index (κ3) is 1.57. The van der Waals surface area contributed by atoms with Crippen molar-refractivity contribution in [3.8, 4) is 0 Å². The van der Waals surface area contributed by atoms with Gasteiger partial charge in [0.15, 0.2) is 0 Å². The number of hydrogen-bond acceptors (Lipinski definition) is 2. The number of rotatable bonds is 1. The van der Waals surface area contributed by atoms with Crippen LogP contribution in [0.2, 0.25) is 0 Å². The Balaban J connectivity index is 2.51. The Morgan fingerprint density at radius 1 is 1.67 bits per heavy atom. The quantitative estimate of drug-likeness (QED) is 0.529. The Kier molecular flexibility index (Phi) is 1.90. The predicted octanol–water partition coefficient (Wildman–Crippen LogP) is 1.45. The van der Waals surface area contributed by atoms with Crippen LogP contribution in [0.1, 0.15) is 6.92 Å². The Hall–Kier alpha value is -0.760. The van der Waals surface area contributed by atoms with Crippen molar-refractivity contribution < 1.29 is 9.47 Å². The summed E-state index contributed by atoms with van der Waals surface area (Å²) in [4.78, 5) is 0. The highest BCUT2D eigenvalue weighted by molar-refractivity contribution is 5.11. The summed E-state index contributed by atoms with van der Waals surface area (Å²) < 4.78 is 10.1. The summed E-state index contributed by atoms with van der Waals surface area (Å²) in [6, 6.07) is 0. The largest absolute Gasteiger partial charge is 0.466 e. The molecule has 9 heavy (non-hydrogen) atoms. The molecule has 1 atom stereocenters. The lowest BCUT2D eigenvalue weighted by Crippen LogP contribution is -2.12. The van der Waals surface area contributed by atoms with Gasteiger partial charge in [0.2, 0.25) is 6.29 Å². The van der Waals surface area contributed by atoms with E-state index in [0.717, 1.165) is 5.76 Å². The summed E-state index contributed by atoms with van der Waals surface area (Å²) in [7, 11) is 1.62.